The van der Waals surface area contributed by atoms with Crippen LogP contribution in [0.5, 0.6) is 5.75 Å². The molecular formula is C25H23N3O3. The summed E-state index contributed by atoms with van der Waals surface area (Å²) in [5.41, 5.74) is 2.83. The van der Waals surface area contributed by atoms with Crippen LogP contribution in [0.2, 0.25) is 0 Å². The average Bonchev–Trinajstić information content (AvgIpc) is 2.78. The van der Waals surface area contributed by atoms with Crippen LogP contribution in [0.3, 0.4) is 0 Å². The van der Waals surface area contributed by atoms with Gasteiger partial charge in [-0.1, -0.05) is 48.0 Å². The van der Waals surface area contributed by atoms with E-state index < -0.39 is 0 Å². The van der Waals surface area contributed by atoms with Gasteiger partial charge in [0.15, 0.2) is 0 Å². The number of amides is 1. The summed E-state index contributed by atoms with van der Waals surface area (Å²) < 4.78 is 5.47. The number of H-pyrrole nitrogens is 1. The molecule has 0 unspecified atom stereocenters. The summed E-state index contributed by atoms with van der Waals surface area (Å²) >= 11 is 0. The van der Waals surface area contributed by atoms with Gasteiger partial charge in [0.1, 0.15) is 11.6 Å². The number of benzene rings is 3. The van der Waals surface area contributed by atoms with Crippen LogP contribution in [-0.2, 0) is 13.1 Å². The van der Waals surface area contributed by atoms with E-state index in [0.29, 0.717) is 34.6 Å². The van der Waals surface area contributed by atoms with E-state index in [1.165, 1.54) is 0 Å². The molecule has 0 atom stereocenters. The van der Waals surface area contributed by atoms with Crippen LogP contribution in [0.1, 0.15) is 27.3 Å². The van der Waals surface area contributed by atoms with E-state index in [1.54, 1.807) is 36.3 Å². The number of nitrogens with zero attached hydrogens (tertiary/aromatic N) is 2. The fourth-order valence-corrected chi connectivity index (χ4v) is 3.59. The molecule has 0 aliphatic heterocycles. The van der Waals surface area contributed by atoms with Gasteiger partial charge in [-0.15, -0.1) is 0 Å². The molecule has 1 heterocycles. The first-order valence-electron chi connectivity index (χ1n) is 10.0. The fourth-order valence-electron chi connectivity index (χ4n) is 3.59. The van der Waals surface area contributed by atoms with Gasteiger partial charge in [-0.05, 0) is 37.3 Å². The third-order valence-electron chi connectivity index (χ3n) is 5.11. The van der Waals surface area contributed by atoms with Gasteiger partial charge in [0.25, 0.3) is 11.5 Å². The van der Waals surface area contributed by atoms with E-state index >= 15 is 0 Å². The Morgan fingerprint density at radius 3 is 2.58 bits per heavy atom. The molecule has 0 bridgehead atoms. The number of rotatable bonds is 6. The largest absolute Gasteiger partial charge is 0.496 e. The lowest BCUT2D eigenvalue weighted by Gasteiger charge is -2.24. The molecule has 0 radical (unpaired) electrons. The van der Waals surface area contributed by atoms with E-state index in [1.807, 2.05) is 55.5 Å². The second kappa shape index (κ2) is 8.83. The minimum absolute atomic E-state index is 0.148. The SMILES string of the molecule is COc1ccccc1CN(Cc1nc2ccccc2c(=O)[nH]1)C(=O)c1cccc(C)c1. The maximum absolute atomic E-state index is 13.4. The Morgan fingerprint density at radius 1 is 1.00 bits per heavy atom. The number of para-hydroxylation sites is 2. The summed E-state index contributed by atoms with van der Waals surface area (Å²) in [6.07, 6.45) is 0. The van der Waals surface area contributed by atoms with Crippen LogP contribution in [0, 0.1) is 6.92 Å². The van der Waals surface area contributed by atoms with Crippen molar-refractivity contribution in [2.75, 3.05) is 7.11 Å². The number of aryl methyl sites for hydroxylation is 1. The molecule has 0 fully saturated rings. The maximum atomic E-state index is 13.4. The number of hydrogen-bond acceptors (Lipinski definition) is 4. The van der Waals surface area contributed by atoms with Crippen molar-refractivity contribution in [1.29, 1.82) is 0 Å². The minimum atomic E-state index is -0.221. The molecule has 0 saturated carbocycles. The highest BCUT2D eigenvalue weighted by Crippen LogP contribution is 2.22. The Hall–Kier alpha value is -3.93. The van der Waals surface area contributed by atoms with Crippen LogP contribution >= 0.6 is 0 Å². The Balaban J connectivity index is 1.73. The molecule has 0 spiro atoms. The van der Waals surface area contributed by atoms with Crippen molar-refractivity contribution in [3.63, 3.8) is 0 Å². The Kier molecular flexibility index (Phi) is 5.80. The molecule has 1 amide bonds. The zero-order valence-corrected chi connectivity index (χ0v) is 17.5. The van der Waals surface area contributed by atoms with Crippen molar-refractivity contribution < 1.29 is 9.53 Å². The quantitative estimate of drug-likeness (QED) is 0.517. The Morgan fingerprint density at radius 2 is 1.77 bits per heavy atom. The van der Waals surface area contributed by atoms with E-state index in [2.05, 4.69) is 9.97 Å². The highest BCUT2D eigenvalue weighted by atomic mass is 16.5. The van der Waals surface area contributed by atoms with Crippen molar-refractivity contribution in [3.8, 4) is 5.75 Å². The summed E-state index contributed by atoms with van der Waals surface area (Å²) in [5, 5.41) is 0.521. The number of aromatic amines is 1. The highest BCUT2D eigenvalue weighted by molar-refractivity contribution is 5.94. The molecule has 0 aliphatic rings. The molecule has 6 nitrogen and oxygen atoms in total. The summed E-state index contributed by atoms with van der Waals surface area (Å²) in [5.74, 6) is 0.981. The maximum Gasteiger partial charge on any atom is 0.258 e. The smallest absolute Gasteiger partial charge is 0.258 e. The monoisotopic (exact) mass is 413 g/mol. The van der Waals surface area contributed by atoms with Crippen LogP contribution in [-0.4, -0.2) is 27.9 Å². The molecule has 4 rings (SSSR count). The Bertz CT molecular complexity index is 1300. The molecule has 31 heavy (non-hydrogen) atoms. The van der Waals surface area contributed by atoms with E-state index in [-0.39, 0.29) is 18.0 Å². The number of nitrogens with one attached hydrogen (secondary N) is 1. The van der Waals surface area contributed by atoms with Crippen molar-refractivity contribution in [3.05, 3.63) is 106 Å². The number of fused-ring (bicyclic) bond motifs is 1. The molecule has 4 aromatic rings. The lowest BCUT2D eigenvalue weighted by molar-refractivity contribution is 0.0724. The van der Waals surface area contributed by atoms with Gasteiger partial charge in [-0.2, -0.15) is 0 Å². The lowest BCUT2D eigenvalue weighted by Crippen LogP contribution is -2.32. The van der Waals surface area contributed by atoms with Gasteiger partial charge >= 0.3 is 0 Å². The third-order valence-corrected chi connectivity index (χ3v) is 5.11. The van der Waals surface area contributed by atoms with E-state index in [4.69, 9.17) is 4.74 Å². The number of methoxy groups -OCH3 is 1. The molecule has 156 valence electrons. The predicted molar refractivity (Wildman–Crippen MR) is 120 cm³/mol. The molecular weight excluding hydrogens is 390 g/mol. The van der Waals surface area contributed by atoms with Gasteiger partial charge in [-0.3, -0.25) is 9.59 Å². The second-order valence-electron chi connectivity index (χ2n) is 7.37. The molecule has 6 heteroatoms. The summed E-state index contributed by atoms with van der Waals surface area (Å²) in [6, 6.07) is 22.2. The fraction of sp³-hybridized carbons (Fsp3) is 0.160. The average molecular weight is 413 g/mol. The van der Waals surface area contributed by atoms with Crippen LogP contribution in [0.15, 0.2) is 77.6 Å². The van der Waals surface area contributed by atoms with Crippen molar-refractivity contribution >= 4 is 16.8 Å². The van der Waals surface area contributed by atoms with Crippen LogP contribution in [0.4, 0.5) is 0 Å². The van der Waals surface area contributed by atoms with Crippen LogP contribution < -0.4 is 10.3 Å². The number of ether oxygens (including phenoxy) is 1. The van der Waals surface area contributed by atoms with Gasteiger partial charge in [0, 0.05) is 11.1 Å². The van der Waals surface area contributed by atoms with Gasteiger partial charge in [0.2, 0.25) is 0 Å². The standard InChI is InChI=1S/C25H23N3O3/c1-17-8-7-10-18(14-17)25(30)28(15-19-9-3-6-13-22(19)31-2)16-23-26-21-12-5-4-11-20(21)24(29)27-23/h3-14H,15-16H2,1-2H3,(H,26,27,29). The number of carbonyl (C=O) groups excluding carboxylic acids is 1. The minimum Gasteiger partial charge on any atom is -0.496 e. The number of aromatic nitrogens is 2. The van der Waals surface area contributed by atoms with E-state index in [0.717, 1.165) is 11.1 Å². The highest BCUT2D eigenvalue weighted by Gasteiger charge is 2.20. The first-order chi connectivity index (χ1) is 15.0. The number of hydrogen-bond donors (Lipinski definition) is 1. The zero-order valence-electron chi connectivity index (χ0n) is 17.5. The summed E-state index contributed by atoms with van der Waals surface area (Å²) in [4.78, 5) is 35.0. The van der Waals surface area contributed by atoms with Crippen molar-refractivity contribution in [2.45, 2.75) is 20.0 Å². The first kappa shape index (κ1) is 20.3. The predicted octanol–water partition coefficient (Wildman–Crippen LogP) is 4.08. The summed E-state index contributed by atoms with van der Waals surface area (Å²) in [7, 11) is 1.61. The van der Waals surface area contributed by atoms with Crippen LogP contribution in [0.25, 0.3) is 10.9 Å². The molecule has 1 N–H and O–H groups in total. The topological polar surface area (TPSA) is 75.3 Å². The van der Waals surface area contributed by atoms with E-state index in [9.17, 15) is 9.59 Å². The zero-order chi connectivity index (χ0) is 21.8. The normalized spacial score (nSPS) is 10.8. The first-order valence-corrected chi connectivity index (χ1v) is 10.0. The van der Waals surface area contributed by atoms with Crippen molar-refractivity contribution in [2.24, 2.45) is 0 Å². The Labute approximate surface area is 180 Å². The van der Waals surface area contributed by atoms with Gasteiger partial charge < -0.3 is 14.6 Å². The molecule has 0 aliphatic carbocycles. The van der Waals surface area contributed by atoms with Gasteiger partial charge in [0.05, 0.1) is 31.1 Å². The van der Waals surface area contributed by atoms with Gasteiger partial charge in [-0.25, -0.2) is 4.98 Å². The summed E-state index contributed by atoms with van der Waals surface area (Å²) in [6.45, 7) is 2.42. The lowest BCUT2D eigenvalue weighted by atomic mass is 10.1. The second-order valence-corrected chi connectivity index (χ2v) is 7.37. The molecule has 3 aromatic carbocycles. The van der Waals surface area contributed by atoms with Crippen molar-refractivity contribution in [1.82, 2.24) is 14.9 Å². The molecule has 0 saturated heterocycles. The number of carbonyl (C=O) groups is 1. The third kappa shape index (κ3) is 4.48. The molecule has 1 aromatic heterocycles.